The summed E-state index contributed by atoms with van der Waals surface area (Å²) in [7, 11) is 0. The van der Waals surface area contributed by atoms with Gasteiger partial charge in [-0.1, -0.05) is 12.1 Å². The van der Waals surface area contributed by atoms with Gasteiger partial charge in [-0.25, -0.2) is 0 Å². The van der Waals surface area contributed by atoms with Gasteiger partial charge in [-0.2, -0.15) is 10.1 Å². The Bertz CT molecular complexity index is 829. The lowest BCUT2D eigenvalue weighted by Crippen LogP contribution is -2.63. The number of rotatable bonds is 4. The summed E-state index contributed by atoms with van der Waals surface area (Å²) in [4.78, 5) is 26.6. The van der Waals surface area contributed by atoms with E-state index in [9.17, 15) is 20.0 Å². The fourth-order valence-electron chi connectivity index (χ4n) is 6.15. The van der Waals surface area contributed by atoms with Gasteiger partial charge in [0.15, 0.2) is 0 Å². The second kappa shape index (κ2) is 8.90. The van der Waals surface area contributed by atoms with Crippen LogP contribution in [0.1, 0.15) is 102 Å². The molecule has 0 spiro atoms. The van der Waals surface area contributed by atoms with Gasteiger partial charge in [-0.3, -0.25) is 9.59 Å². The van der Waals surface area contributed by atoms with Crippen molar-refractivity contribution in [3.63, 3.8) is 0 Å². The first kappa shape index (κ1) is 26.6. The molecule has 190 valence electrons. The smallest absolute Gasteiger partial charge is 0.252 e. The minimum atomic E-state index is -0.488. The van der Waals surface area contributed by atoms with E-state index in [1.807, 2.05) is 55.4 Å². The standard InChI is InChI=1S/C26H42N4O4/c1-23(2)13-17(14-24(3,4)29(23)33)27-21(31)19-11-9-10-12-20(19)22(32)28-18-15-25(5,6)30(34)26(7,8)16-18/h9-12,17-18,33-34H,13-16H2,1-8H3,(H,27,31)(H,28,32). The molecule has 3 rings (SSSR count). The topological polar surface area (TPSA) is 105 Å². The van der Waals surface area contributed by atoms with Crippen LogP contribution in [0.2, 0.25) is 0 Å². The van der Waals surface area contributed by atoms with Gasteiger partial charge in [0.1, 0.15) is 0 Å². The zero-order chi connectivity index (χ0) is 25.7. The molecule has 2 heterocycles. The van der Waals surface area contributed by atoms with Crippen molar-refractivity contribution in [3.05, 3.63) is 35.4 Å². The number of carbonyl (C=O) groups is 2. The molecule has 0 aromatic heterocycles. The average molecular weight is 475 g/mol. The summed E-state index contributed by atoms with van der Waals surface area (Å²) in [5, 5.41) is 30.1. The molecule has 2 amide bonds. The van der Waals surface area contributed by atoms with Crippen molar-refractivity contribution in [2.24, 2.45) is 0 Å². The molecule has 0 atom stereocenters. The van der Waals surface area contributed by atoms with Gasteiger partial charge in [0.05, 0.1) is 11.1 Å². The molecule has 4 N–H and O–H groups in total. The number of benzene rings is 1. The molecule has 8 heteroatoms. The second-order valence-corrected chi connectivity index (χ2v) is 12.6. The normalized spacial score (nSPS) is 25.0. The van der Waals surface area contributed by atoms with Crippen molar-refractivity contribution < 1.29 is 20.0 Å². The third kappa shape index (κ3) is 5.30. The minimum Gasteiger partial charge on any atom is -0.349 e. The van der Waals surface area contributed by atoms with Crippen molar-refractivity contribution in [2.75, 3.05) is 0 Å². The quantitative estimate of drug-likeness (QED) is 0.526. The molecule has 1 aromatic rings. The van der Waals surface area contributed by atoms with Crippen molar-refractivity contribution in [3.8, 4) is 0 Å². The van der Waals surface area contributed by atoms with Crippen LogP contribution in [0.25, 0.3) is 0 Å². The zero-order valence-electron chi connectivity index (χ0n) is 21.9. The summed E-state index contributed by atoms with van der Waals surface area (Å²) in [6.45, 7) is 15.6. The largest absolute Gasteiger partial charge is 0.349 e. The van der Waals surface area contributed by atoms with E-state index in [1.54, 1.807) is 24.3 Å². The van der Waals surface area contributed by atoms with Crippen LogP contribution >= 0.6 is 0 Å². The highest BCUT2D eigenvalue weighted by atomic mass is 16.5. The first-order valence-corrected chi connectivity index (χ1v) is 12.2. The number of carbonyl (C=O) groups excluding carboxylic acids is 2. The maximum absolute atomic E-state index is 13.3. The predicted molar refractivity (Wildman–Crippen MR) is 131 cm³/mol. The molecule has 0 bridgehead atoms. The van der Waals surface area contributed by atoms with Gasteiger partial charge in [-0.05, 0) is 93.2 Å². The third-order valence-corrected chi connectivity index (χ3v) is 7.36. The Hall–Kier alpha value is -2.00. The van der Waals surface area contributed by atoms with E-state index in [0.717, 1.165) is 0 Å². The van der Waals surface area contributed by atoms with E-state index in [4.69, 9.17) is 0 Å². The molecule has 8 nitrogen and oxygen atoms in total. The Morgan fingerprint density at radius 1 is 0.676 bits per heavy atom. The summed E-state index contributed by atoms with van der Waals surface area (Å²) in [5.41, 5.74) is -1.29. The SMILES string of the molecule is CC1(C)CC(NC(=O)c2ccccc2C(=O)NC2CC(C)(C)N(O)C(C)(C)C2)CC(C)(C)N1O. The van der Waals surface area contributed by atoms with Crippen LogP contribution < -0.4 is 10.6 Å². The van der Waals surface area contributed by atoms with E-state index in [0.29, 0.717) is 36.8 Å². The first-order chi connectivity index (χ1) is 15.5. The lowest BCUT2D eigenvalue weighted by atomic mass is 9.78. The van der Waals surface area contributed by atoms with Gasteiger partial charge < -0.3 is 21.0 Å². The maximum atomic E-state index is 13.3. The molecule has 0 aliphatic carbocycles. The zero-order valence-corrected chi connectivity index (χ0v) is 21.9. The highest BCUT2D eigenvalue weighted by Gasteiger charge is 2.46. The van der Waals surface area contributed by atoms with Crippen LogP contribution in [-0.2, 0) is 0 Å². The average Bonchev–Trinajstić information content (AvgIpc) is 2.69. The van der Waals surface area contributed by atoms with Crippen molar-refractivity contribution in [2.45, 2.75) is 115 Å². The minimum absolute atomic E-state index is 0.132. The Balaban J connectivity index is 1.76. The van der Waals surface area contributed by atoms with Gasteiger partial charge in [0.2, 0.25) is 0 Å². The van der Waals surface area contributed by atoms with Crippen LogP contribution in [0.5, 0.6) is 0 Å². The van der Waals surface area contributed by atoms with Crippen LogP contribution in [0.4, 0.5) is 0 Å². The van der Waals surface area contributed by atoms with Crippen LogP contribution in [-0.4, -0.2) is 66.6 Å². The molecule has 2 saturated heterocycles. The van der Waals surface area contributed by atoms with Gasteiger partial charge >= 0.3 is 0 Å². The molecular weight excluding hydrogens is 432 g/mol. The fraction of sp³-hybridized carbons (Fsp3) is 0.692. The lowest BCUT2D eigenvalue weighted by molar-refractivity contribution is -0.245. The van der Waals surface area contributed by atoms with Gasteiger partial charge in [0, 0.05) is 34.2 Å². The number of hydrogen-bond donors (Lipinski definition) is 4. The van der Waals surface area contributed by atoms with E-state index >= 15 is 0 Å². The molecule has 0 radical (unpaired) electrons. The summed E-state index contributed by atoms with van der Waals surface area (Å²) >= 11 is 0. The molecule has 1 aromatic carbocycles. The van der Waals surface area contributed by atoms with E-state index in [-0.39, 0.29) is 23.9 Å². The Kier molecular flexibility index (Phi) is 6.96. The van der Waals surface area contributed by atoms with Gasteiger partial charge in [-0.15, -0.1) is 0 Å². The molecular formula is C26H42N4O4. The van der Waals surface area contributed by atoms with Crippen LogP contribution in [0.15, 0.2) is 24.3 Å². The predicted octanol–water partition coefficient (Wildman–Crippen LogP) is 3.97. The molecule has 2 aliphatic heterocycles. The maximum Gasteiger partial charge on any atom is 0.252 e. The Labute approximate surface area is 203 Å². The van der Waals surface area contributed by atoms with Crippen molar-refractivity contribution in [1.29, 1.82) is 0 Å². The van der Waals surface area contributed by atoms with Gasteiger partial charge in [0.25, 0.3) is 11.8 Å². The molecule has 0 saturated carbocycles. The summed E-state index contributed by atoms with van der Waals surface area (Å²) in [5.74, 6) is -0.584. The molecule has 2 fully saturated rings. The number of nitrogens with one attached hydrogen (secondary N) is 2. The first-order valence-electron chi connectivity index (χ1n) is 12.2. The highest BCUT2D eigenvalue weighted by molar-refractivity contribution is 6.07. The molecule has 0 unspecified atom stereocenters. The Morgan fingerprint density at radius 2 is 0.941 bits per heavy atom. The van der Waals surface area contributed by atoms with E-state index in [2.05, 4.69) is 10.6 Å². The summed E-state index contributed by atoms with van der Waals surface area (Å²) < 4.78 is 0. The second-order valence-electron chi connectivity index (χ2n) is 12.6. The monoisotopic (exact) mass is 474 g/mol. The number of hydrogen-bond acceptors (Lipinski definition) is 6. The fourth-order valence-corrected chi connectivity index (χ4v) is 6.15. The summed E-state index contributed by atoms with van der Waals surface area (Å²) in [6.07, 6.45) is 2.38. The molecule has 34 heavy (non-hydrogen) atoms. The molecule has 2 aliphatic rings. The summed E-state index contributed by atoms with van der Waals surface area (Å²) in [6, 6.07) is 6.59. The van der Waals surface area contributed by atoms with Crippen LogP contribution in [0.3, 0.4) is 0 Å². The number of piperidine rings is 2. The number of amides is 2. The van der Waals surface area contributed by atoms with Crippen molar-refractivity contribution >= 4 is 11.8 Å². The van der Waals surface area contributed by atoms with E-state index < -0.39 is 22.2 Å². The lowest BCUT2D eigenvalue weighted by Gasteiger charge is -2.51. The Morgan fingerprint density at radius 3 is 1.21 bits per heavy atom. The van der Waals surface area contributed by atoms with Crippen LogP contribution in [0, 0.1) is 0 Å². The van der Waals surface area contributed by atoms with E-state index in [1.165, 1.54) is 10.1 Å². The number of hydroxylamine groups is 4. The number of nitrogens with zero attached hydrogens (tertiary/aromatic N) is 2. The highest BCUT2D eigenvalue weighted by Crippen LogP contribution is 2.38. The third-order valence-electron chi connectivity index (χ3n) is 7.36. The van der Waals surface area contributed by atoms with Crippen molar-refractivity contribution in [1.82, 2.24) is 20.8 Å².